The summed E-state index contributed by atoms with van der Waals surface area (Å²) in [5.41, 5.74) is 5.93. The molecule has 0 aliphatic carbocycles. The van der Waals surface area contributed by atoms with Gasteiger partial charge in [0.05, 0.1) is 15.1 Å². The maximum atomic E-state index is 8.82. The standard InChI is InChI=1S/C13H9BrCl2N2O2/c14-8-6-7(15)4-5-10(8)20-11-3-1-2-9(16)12(11)13(17)18-19/h1-6,19H,(H2,17,18). The normalized spacial score (nSPS) is 11.4. The van der Waals surface area contributed by atoms with Crippen LogP contribution in [0.4, 0.5) is 0 Å². The van der Waals surface area contributed by atoms with Gasteiger partial charge in [-0.15, -0.1) is 0 Å². The van der Waals surface area contributed by atoms with Crippen molar-refractivity contribution in [3.63, 3.8) is 0 Å². The van der Waals surface area contributed by atoms with Gasteiger partial charge in [-0.2, -0.15) is 0 Å². The van der Waals surface area contributed by atoms with Crippen molar-refractivity contribution in [1.82, 2.24) is 0 Å². The van der Waals surface area contributed by atoms with E-state index in [9.17, 15) is 0 Å². The number of halogens is 3. The number of ether oxygens (including phenoxy) is 1. The highest BCUT2D eigenvalue weighted by Crippen LogP contribution is 2.35. The second-order valence-corrected chi connectivity index (χ2v) is 5.47. The third kappa shape index (κ3) is 3.17. The molecule has 0 unspecified atom stereocenters. The molecule has 0 heterocycles. The van der Waals surface area contributed by atoms with Crippen LogP contribution in [0, 0.1) is 0 Å². The average Bonchev–Trinajstić information content (AvgIpc) is 2.41. The summed E-state index contributed by atoms with van der Waals surface area (Å²) in [6, 6.07) is 10.1. The highest BCUT2D eigenvalue weighted by atomic mass is 79.9. The molecule has 0 fully saturated rings. The Balaban J connectivity index is 2.46. The number of nitrogens with two attached hydrogens (primary N) is 1. The zero-order valence-electron chi connectivity index (χ0n) is 9.98. The lowest BCUT2D eigenvalue weighted by atomic mass is 10.2. The monoisotopic (exact) mass is 374 g/mol. The minimum atomic E-state index is -0.129. The van der Waals surface area contributed by atoms with E-state index in [1.807, 2.05) is 0 Å². The van der Waals surface area contributed by atoms with Crippen LogP contribution in [0.15, 0.2) is 46.0 Å². The molecule has 0 atom stereocenters. The summed E-state index contributed by atoms with van der Waals surface area (Å²) in [5.74, 6) is 0.773. The Kier molecular flexibility index (Phi) is 4.75. The van der Waals surface area contributed by atoms with Crippen LogP contribution in [-0.2, 0) is 0 Å². The van der Waals surface area contributed by atoms with Crippen molar-refractivity contribution in [3.8, 4) is 11.5 Å². The lowest BCUT2D eigenvalue weighted by Crippen LogP contribution is -2.14. The van der Waals surface area contributed by atoms with Crippen LogP contribution in [0.3, 0.4) is 0 Å². The van der Waals surface area contributed by atoms with Crippen molar-refractivity contribution in [2.45, 2.75) is 0 Å². The highest BCUT2D eigenvalue weighted by molar-refractivity contribution is 9.10. The molecule has 0 bridgehead atoms. The fourth-order valence-electron chi connectivity index (χ4n) is 1.56. The minimum Gasteiger partial charge on any atom is -0.455 e. The number of nitrogens with zero attached hydrogens (tertiary/aromatic N) is 1. The SMILES string of the molecule is NC(=NO)c1c(Cl)cccc1Oc1ccc(Cl)cc1Br. The first-order valence-corrected chi connectivity index (χ1v) is 6.97. The third-order valence-electron chi connectivity index (χ3n) is 2.45. The molecular weight excluding hydrogens is 367 g/mol. The van der Waals surface area contributed by atoms with E-state index in [-0.39, 0.29) is 5.84 Å². The zero-order valence-corrected chi connectivity index (χ0v) is 13.1. The van der Waals surface area contributed by atoms with E-state index in [0.717, 1.165) is 0 Å². The summed E-state index contributed by atoms with van der Waals surface area (Å²) in [6.07, 6.45) is 0. The Labute approximate surface area is 133 Å². The molecule has 0 aliphatic rings. The summed E-state index contributed by atoms with van der Waals surface area (Å²) in [7, 11) is 0. The quantitative estimate of drug-likeness (QED) is 0.355. The van der Waals surface area contributed by atoms with Crippen molar-refractivity contribution in [2.75, 3.05) is 0 Å². The molecule has 20 heavy (non-hydrogen) atoms. The number of oxime groups is 1. The van der Waals surface area contributed by atoms with Gasteiger partial charge in [-0.1, -0.05) is 34.4 Å². The van der Waals surface area contributed by atoms with Gasteiger partial charge in [0.1, 0.15) is 11.5 Å². The van der Waals surface area contributed by atoms with Gasteiger partial charge in [-0.25, -0.2) is 0 Å². The number of hydrogen-bond donors (Lipinski definition) is 2. The Morgan fingerprint density at radius 3 is 2.60 bits per heavy atom. The van der Waals surface area contributed by atoms with Gasteiger partial charge >= 0.3 is 0 Å². The van der Waals surface area contributed by atoms with Crippen molar-refractivity contribution in [2.24, 2.45) is 10.9 Å². The molecule has 0 saturated carbocycles. The molecule has 104 valence electrons. The van der Waals surface area contributed by atoms with Crippen molar-refractivity contribution >= 4 is 45.0 Å². The predicted molar refractivity (Wildman–Crippen MR) is 83.2 cm³/mol. The molecule has 0 saturated heterocycles. The molecule has 0 aromatic heterocycles. The predicted octanol–water partition coefficient (Wildman–Crippen LogP) is 4.64. The Morgan fingerprint density at radius 1 is 1.20 bits per heavy atom. The van der Waals surface area contributed by atoms with Gasteiger partial charge in [0.25, 0.3) is 0 Å². The Hall–Kier alpha value is -1.43. The van der Waals surface area contributed by atoms with E-state index >= 15 is 0 Å². The maximum Gasteiger partial charge on any atom is 0.175 e. The number of hydrogen-bond acceptors (Lipinski definition) is 3. The largest absolute Gasteiger partial charge is 0.455 e. The first-order valence-electron chi connectivity index (χ1n) is 5.42. The van der Waals surface area contributed by atoms with Gasteiger partial charge < -0.3 is 15.7 Å². The van der Waals surface area contributed by atoms with E-state index in [1.165, 1.54) is 0 Å². The van der Waals surface area contributed by atoms with Gasteiger partial charge in [-0.05, 0) is 46.3 Å². The smallest absolute Gasteiger partial charge is 0.175 e. The van der Waals surface area contributed by atoms with Gasteiger partial charge in [0, 0.05) is 5.02 Å². The number of rotatable bonds is 3. The van der Waals surface area contributed by atoms with Crippen molar-refractivity contribution < 1.29 is 9.94 Å². The van der Waals surface area contributed by atoms with E-state index in [4.69, 9.17) is 38.9 Å². The van der Waals surface area contributed by atoms with Crippen molar-refractivity contribution in [3.05, 3.63) is 56.5 Å². The Morgan fingerprint density at radius 2 is 1.95 bits per heavy atom. The van der Waals surface area contributed by atoms with Gasteiger partial charge in [0.15, 0.2) is 5.84 Å². The molecular formula is C13H9BrCl2N2O2. The molecule has 7 heteroatoms. The second-order valence-electron chi connectivity index (χ2n) is 3.78. The summed E-state index contributed by atoms with van der Waals surface area (Å²) < 4.78 is 6.41. The molecule has 3 N–H and O–H groups in total. The van der Waals surface area contributed by atoms with Crippen LogP contribution < -0.4 is 10.5 Å². The van der Waals surface area contributed by atoms with E-state index < -0.39 is 0 Å². The molecule has 2 rings (SSSR count). The first kappa shape index (κ1) is 15.0. The van der Waals surface area contributed by atoms with E-state index in [1.54, 1.807) is 36.4 Å². The number of benzene rings is 2. The molecule has 0 spiro atoms. The fourth-order valence-corrected chi connectivity index (χ4v) is 2.59. The molecule has 2 aromatic rings. The van der Waals surface area contributed by atoms with Crippen LogP contribution in [0.2, 0.25) is 10.0 Å². The summed E-state index contributed by atoms with van der Waals surface area (Å²) >= 11 is 15.3. The minimum absolute atomic E-state index is 0.129. The van der Waals surface area contributed by atoms with Crippen LogP contribution >= 0.6 is 39.1 Å². The Bertz CT molecular complexity index is 677. The molecule has 0 amide bonds. The molecule has 4 nitrogen and oxygen atoms in total. The fraction of sp³-hybridized carbons (Fsp3) is 0. The van der Waals surface area contributed by atoms with Crippen LogP contribution in [0.1, 0.15) is 5.56 Å². The second kappa shape index (κ2) is 6.35. The molecule has 2 aromatic carbocycles. The average molecular weight is 376 g/mol. The zero-order chi connectivity index (χ0) is 14.7. The maximum absolute atomic E-state index is 8.82. The lowest BCUT2D eigenvalue weighted by molar-refractivity contribution is 0.318. The van der Waals surface area contributed by atoms with E-state index in [0.29, 0.717) is 31.6 Å². The van der Waals surface area contributed by atoms with E-state index in [2.05, 4.69) is 21.1 Å². The molecule has 0 radical (unpaired) electrons. The third-order valence-corrected chi connectivity index (χ3v) is 3.62. The summed E-state index contributed by atoms with van der Waals surface area (Å²) in [4.78, 5) is 0. The highest BCUT2D eigenvalue weighted by Gasteiger charge is 2.14. The summed E-state index contributed by atoms with van der Waals surface area (Å²) in [5, 5.41) is 12.7. The first-order chi connectivity index (χ1) is 9.52. The molecule has 0 aliphatic heterocycles. The van der Waals surface area contributed by atoms with Crippen LogP contribution in [0.5, 0.6) is 11.5 Å². The van der Waals surface area contributed by atoms with Crippen molar-refractivity contribution in [1.29, 1.82) is 0 Å². The lowest BCUT2D eigenvalue weighted by Gasteiger charge is -2.12. The number of amidine groups is 1. The summed E-state index contributed by atoms with van der Waals surface area (Å²) in [6.45, 7) is 0. The van der Waals surface area contributed by atoms with Gasteiger partial charge in [-0.3, -0.25) is 0 Å². The van der Waals surface area contributed by atoms with Crippen LogP contribution in [-0.4, -0.2) is 11.0 Å². The topological polar surface area (TPSA) is 67.8 Å². The van der Waals surface area contributed by atoms with Gasteiger partial charge in [0.2, 0.25) is 0 Å². The van der Waals surface area contributed by atoms with Crippen LogP contribution in [0.25, 0.3) is 0 Å².